The van der Waals surface area contributed by atoms with Gasteiger partial charge in [0.15, 0.2) is 17.5 Å². The van der Waals surface area contributed by atoms with E-state index in [1.165, 1.54) is 60.3 Å². The Bertz CT molecular complexity index is 3000. The molecule has 0 atom stereocenters. The number of benzene rings is 7. The van der Waals surface area contributed by atoms with Gasteiger partial charge in [-0.05, 0) is 50.9 Å². The van der Waals surface area contributed by atoms with Gasteiger partial charge in [0.25, 0.3) is 0 Å². The van der Waals surface area contributed by atoms with Crippen LogP contribution < -0.4 is 0 Å². The summed E-state index contributed by atoms with van der Waals surface area (Å²) in [4.78, 5) is 15.4. The summed E-state index contributed by atoms with van der Waals surface area (Å²) in [6, 6.07) is 51.9. The van der Waals surface area contributed by atoms with Gasteiger partial charge in [0, 0.05) is 43.8 Å². The van der Waals surface area contributed by atoms with Crippen LogP contribution in [-0.2, 0) is 5.41 Å². The zero-order valence-corrected chi connectivity index (χ0v) is 27.6. The summed E-state index contributed by atoms with van der Waals surface area (Å²) in [5.74, 6) is 2.02. The third-order valence-electron chi connectivity index (χ3n) is 10.9. The van der Waals surface area contributed by atoms with Gasteiger partial charge in [0.1, 0.15) is 0 Å². The molecule has 0 radical (unpaired) electrons. The summed E-state index contributed by atoms with van der Waals surface area (Å²) >= 11 is 0. The minimum absolute atomic E-state index is 0.246. The summed E-state index contributed by atoms with van der Waals surface area (Å²) in [7, 11) is 0. The molecular weight excluding hydrogens is 609 g/mol. The molecule has 0 unspecified atom stereocenters. The van der Waals surface area contributed by atoms with Crippen LogP contribution in [0.2, 0.25) is 0 Å². The Hall–Kier alpha value is -6.39. The molecule has 0 aliphatic heterocycles. The van der Waals surface area contributed by atoms with Crippen molar-refractivity contribution < 1.29 is 0 Å². The van der Waals surface area contributed by atoms with E-state index >= 15 is 0 Å². The predicted molar refractivity (Wildman–Crippen MR) is 206 cm³/mol. The molecule has 50 heavy (non-hydrogen) atoms. The fourth-order valence-electron chi connectivity index (χ4n) is 8.70. The molecule has 4 heteroatoms. The largest absolute Gasteiger partial charge is 0.308 e. The van der Waals surface area contributed by atoms with Crippen LogP contribution in [0.5, 0.6) is 0 Å². The normalized spacial score (nSPS) is 13.6. The second kappa shape index (κ2) is 9.83. The Labute approximate surface area is 288 Å². The van der Waals surface area contributed by atoms with Crippen molar-refractivity contribution in [1.29, 1.82) is 0 Å². The van der Waals surface area contributed by atoms with Crippen LogP contribution in [-0.4, -0.2) is 19.4 Å². The second-order valence-corrected chi connectivity index (χ2v) is 14.0. The van der Waals surface area contributed by atoms with Crippen molar-refractivity contribution in [1.82, 2.24) is 19.4 Å². The maximum Gasteiger partial charge on any atom is 0.164 e. The van der Waals surface area contributed by atoms with Gasteiger partial charge in [0.05, 0.1) is 16.7 Å². The first-order chi connectivity index (χ1) is 24.6. The molecule has 0 saturated carbocycles. The number of hydrogen-bond acceptors (Lipinski definition) is 3. The lowest BCUT2D eigenvalue weighted by molar-refractivity contribution is 0.666. The van der Waals surface area contributed by atoms with Gasteiger partial charge in [-0.15, -0.1) is 0 Å². The first-order valence-electron chi connectivity index (χ1n) is 17.2. The zero-order valence-electron chi connectivity index (χ0n) is 27.6. The second-order valence-electron chi connectivity index (χ2n) is 14.0. The van der Waals surface area contributed by atoms with Gasteiger partial charge < -0.3 is 4.40 Å². The minimum atomic E-state index is -0.246. The third-order valence-corrected chi connectivity index (χ3v) is 10.9. The molecule has 0 bridgehead atoms. The average Bonchev–Trinajstić information content (AvgIpc) is 3.77. The van der Waals surface area contributed by atoms with E-state index in [2.05, 4.69) is 146 Å². The fraction of sp³-hybridized carbons (Fsp3) is 0.0652. The highest BCUT2D eigenvalue weighted by molar-refractivity contribution is 6.28. The summed E-state index contributed by atoms with van der Waals surface area (Å²) in [6.07, 6.45) is 0. The molecule has 1 aliphatic rings. The summed E-state index contributed by atoms with van der Waals surface area (Å²) in [5, 5.41) is 8.84. The quantitative estimate of drug-likeness (QED) is 0.193. The molecule has 0 N–H and O–H groups in total. The summed E-state index contributed by atoms with van der Waals surface area (Å²) < 4.78 is 2.53. The Morgan fingerprint density at radius 1 is 0.480 bits per heavy atom. The highest BCUT2D eigenvalue weighted by atomic mass is 15.0. The van der Waals surface area contributed by atoms with Gasteiger partial charge in [-0.25, -0.2) is 15.0 Å². The number of rotatable bonds is 3. The lowest BCUT2D eigenvalue weighted by Crippen LogP contribution is -2.15. The van der Waals surface area contributed by atoms with Gasteiger partial charge in [0.2, 0.25) is 0 Å². The smallest absolute Gasteiger partial charge is 0.164 e. The predicted octanol–water partition coefficient (Wildman–Crippen LogP) is 11.5. The molecule has 11 rings (SSSR count). The standard InChI is InChI=1S/C46H30N4/c1-46(2)37-26-30(44-47-43(28-14-4-3-5-15-28)48-45(49-44)33-21-12-17-27-13-6-8-18-31(27)33)23-24-34(37)42-40(46)36-25-29-16-7-9-19-32(29)39-35-20-10-11-22-38(35)50(42)41(36)39/h3-26H,1-2H3. The minimum Gasteiger partial charge on any atom is -0.308 e. The average molecular weight is 639 g/mol. The van der Waals surface area contributed by atoms with Crippen LogP contribution in [0, 0.1) is 0 Å². The van der Waals surface area contributed by atoms with Crippen LogP contribution >= 0.6 is 0 Å². The molecule has 3 aromatic heterocycles. The SMILES string of the molecule is CC1(C)c2cc(-c3nc(-c4ccccc4)nc(-c4cccc5ccccc45)n3)ccc2-c2c1c1cc3ccccc3c3c4ccccc4n2c13. The van der Waals surface area contributed by atoms with E-state index in [9.17, 15) is 0 Å². The summed E-state index contributed by atoms with van der Waals surface area (Å²) in [6.45, 7) is 4.75. The molecule has 1 aliphatic carbocycles. The molecule has 3 heterocycles. The Morgan fingerprint density at radius 3 is 1.98 bits per heavy atom. The molecule has 4 nitrogen and oxygen atoms in total. The van der Waals surface area contributed by atoms with Crippen molar-refractivity contribution in [3.8, 4) is 45.4 Å². The van der Waals surface area contributed by atoms with Crippen molar-refractivity contribution >= 4 is 48.7 Å². The molecule has 0 saturated heterocycles. The van der Waals surface area contributed by atoms with Crippen LogP contribution in [0.1, 0.15) is 25.0 Å². The van der Waals surface area contributed by atoms with Gasteiger partial charge in [-0.3, -0.25) is 0 Å². The molecule has 0 spiro atoms. The molecule has 0 fully saturated rings. The van der Waals surface area contributed by atoms with Crippen LogP contribution in [0.3, 0.4) is 0 Å². The number of nitrogens with zero attached hydrogens (tertiary/aromatic N) is 4. The number of para-hydroxylation sites is 1. The van der Waals surface area contributed by atoms with Crippen molar-refractivity contribution in [2.75, 3.05) is 0 Å². The van der Waals surface area contributed by atoms with E-state index < -0.39 is 0 Å². The molecule has 10 aromatic rings. The number of aromatic nitrogens is 4. The lowest BCUT2D eigenvalue weighted by atomic mass is 9.80. The molecule has 0 amide bonds. The maximum absolute atomic E-state index is 5.19. The first kappa shape index (κ1) is 27.5. The van der Waals surface area contributed by atoms with Crippen LogP contribution in [0.4, 0.5) is 0 Å². The van der Waals surface area contributed by atoms with E-state index in [1.807, 2.05) is 18.2 Å². The number of hydrogen-bond donors (Lipinski definition) is 0. The number of fused-ring (bicyclic) bond motifs is 11. The zero-order chi connectivity index (χ0) is 33.1. The van der Waals surface area contributed by atoms with Crippen LogP contribution in [0.25, 0.3) is 94.2 Å². The van der Waals surface area contributed by atoms with E-state index in [0.717, 1.165) is 27.5 Å². The Morgan fingerprint density at radius 2 is 1.14 bits per heavy atom. The summed E-state index contributed by atoms with van der Waals surface area (Å²) in [5.41, 5.74) is 10.5. The van der Waals surface area contributed by atoms with Crippen LogP contribution in [0.15, 0.2) is 146 Å². The molecular formula is C46H30N4. The monoisotopic (exact) mass is 638 g/mol. The van der Waals surface area contributed by atoms with Crippen molar-refractivity contribution in [2.24, 2.45) is 0 Å². The van der Waals surface area contributed by atoms with E-state index in [4.69, 9.17) is 15.0 Å². The topological polar surface area (TPSA) is 43.1 Å². The highest BCUT2D eigenvalue weighted by Gasteiger charge is 2.41. The van der Waals surface area contributed by atoms with E-state index in [1.54, 1.807) is 0 Å². The van der Waals surface area contributed by atoms with Crippen molar-refractivity contribution in [3.63, 3.8) is 0 Å². The lowest BCUT2D eigenvalue weighted by Gasteiger charge is -2.22. The van der Waals surface area contributed by atoms with Gasteiger partial charge >= 0.3 is 0 Å². The molecule has 7 aromatic carbocycles. The van der Waals surface area contributed by atoms with Crippen molar-refractivity contribution in [3.05, 3.63) is 157 Å². The maximum atomic E-state index is 5.19. The van der Waals surface area contributed by atoms with Crippen molar-refractivity contribution in [2.45, 2.75) is 19.3 Å². The Kier molecular flexibility index (Phi) is 5.42. The fourth-order valence-corrected chi connectivity index (χ4v) is 8.70. The van der Waals surface area contributed by atoms with E-state index in [-0.39, 0.29) is 5.41 Å². The first-order valence-corrected chi connectivity index (χ1v) is 17.2. The molecule has 234 valence electrons. The highest BCUT2D eigenvalue weighted by Crippen LogP contribution is 2.56. The Balaban J connectivity index is 1.17. The third kappa shape index (κ3) is 3.62. The van der Waals surface area contributed by atoms with Gasteiger partial charge in [-0.1, -0.05) is 141 Å². The van der Waals surface area contributed by atoms with E-state index in [0.29, 0.717) is 17.5 Å². The van der Waals surface area contributed by atoms with Gasteiger partial charge in [-0.2, -0.15) is 0 Å².